The minimum Gasteiger partial charge on any atom is -0.491 e. The number of fused-ring (bicyclic) bond motifs is 1. The summed E-state index contributed by atoms with van der Waals surface area (Å²) in [6, 6.07) is 17.3. The van der Waals surface area contributed by atoms with Crippen LogP contribution >= 0.6 is 11.6 Å². The Morgan fingerprint density at radius 1 is 1.10 bits per heavy atom. The highest BCUT2D eigenvalue weighted by atomic mass is 35.5. The van der Waals surface area contributed by atoms with Crippen LogP contribution in [0.15, 0.2) is 73.2 Å². The molecule has 152 valence electrons. The minimum absolute atomic E-state index is 0.160. The normalized spacial score (nSPS) is 10.8. The van der Waals surface area contributed by atoms with Gasteiger partial charge in [-0.05, 0) is 30.2 Å². The molecule has 30 heavy (non-hydrogen) atoms. The van der Waals surface area contributed by atoms with Crippen LogP contribution in [-0.4, -0.2) is 33.8 Å². The van der Waals surface area contributed by atoms with E-state index in [0.717, 1.165) is 22.2 Å². The maximum absolute atomic E-state index is 12.3. The van der Waals surface area contributed by atoms with Crippen molar-refractivity contribution in [3.05, 3.63) is 89.3 Å². The summed E-state index contributed by atoms with van der Waals surface area (Å²) in [5.74, 6) is 0.590. The van der Waals surface area contributed by atoms with Crippen molar-refractivity contribution in [1.82, 2.24) is 20.1 Å². The first kappa shape index (κ1) is 19.9. The molecule has 1 amide bonds. The summed E-state index contributed by atoms with van der Waals surface area (Å²) < 4.78 is 7.55. The lowest BCUT2D eigenvalue weighted by Crippen LogP contribution is -2.25. The van der Waals surface area contributed by atoms with Gasteiger partial charge in [0.1, 0.15) is 11.3 Å². The van der Waals surface area contributed by atoms with E-state index in [4.69, 9.17) is 16.3 Å². The fraction of sp³-hybridized carbons (Fsp3) is 0.174. The van der Waals surface area contributed by atoms with Crippen LogP contribution in [0, 0.1) is 0 Å². The molecule has 0 atom stereocenters. The second-order valence-corrected chi connectivity index (χ2v) is 7.21. The Labute approximate surface area is 179 Å². The number of para-hydroxylation sites is 1. The molecule has 0 bridgehead atoms. The zero-order valence-electron chi connectivity index (χ0n) is 16.3. The minimum atomic E-state index is -0.160. The van der Waals surface area contributed by atoms with E-state index in [2.05, 4.69) is 15.4 Å². The van der Waals surface area contributed by atoms with E-state index in [0.29, 0.717) is 36.7 Å². The van der Waals surface area contributed by atoms with Gasteiger partial charge < -0.3 is 10.1 Å². The lowest BCUT2D eigenvalue weighted by molar-refractivity contribution is 0.0951. The highest BCUT2D eigenvalue weighted by Crippen LogP contribution is 2.22. The number of ether oxygens (including phenoxy) is 1. The standard InChI is InChI=1S/C23H21ClN4O2/c24-20-9-2-1-6-18(20)15-28-16-19(14-27-28)23(29)26-12-5-13-30-21-10-3-7-17-8-4-11-25-22(17)21/h1-4,6-11,14,16H,5,12-13,15H2,(H,26,29). The quantitative estimate of drug-likeness (QED) is 0.431. The van der Waals surface area contributed by atoms with Crippen molar-refractivity contribution >= 4 is 28.4 Å². The molecule has 0 aliphatic carbocycles. The van der Waals surface area contributed by atoms with Gasteiger partial charge in [-0.15, -0.1) is 0 Å². The molecule has 7 heteroatoms. The molecule has 2 heterocycles. The zero-order chi connectivity index (χ0) is 20.8. The number of pyridine rings is 1. The van der Waals surface area contributed by atoms with E-state index in [1.165, 1.54) is 0 Å². The van der Waals surface area contributed by atoms with E-state index in [-0.39, 0.29) is 5.91 Å². The van der Waals surface area contributed by atoms with E-state index < -0.39 is 0 Å². The Hall–Kier alpha value is -3.38. The molecule has 0 aliphatic heterocycles. The predicted molar refractivity (Wildman–Crippen MR) is 117 cm³/mol. The summed E-state index contributed by atoms with van der Waals surface area (Å²) in [4.78, 5) is 16.7. The number of carbonyl (C=O) groups is 1. The number of hydrogen-bond acceptors (Lipinski definition) is 4. The second-order valence-electron chi connectivity index (χ2n) is 6.81. The Morgan fingerprint density at radius 3 is 2.87 bits per heavy atom. The summed E-state index contributed by atoms with van der Waals surface area (Å²) in [6.45, 7) is 1.51. The molecule has 0 unspecified atom stereocenters. The van der Waals surface area contributed by atoms with Crippen molar-refractivity contribution in [1.29, 1.82) is 0 Å². The number of carbonyl (C=O) groups excluding carboxylic acids is 1. The molecule has 2 aromatic carbocycles. The van der Waals surface area contributed by atoms with Gasteiger partial charge in [0.2, 0.25) is 0 Å². The van der Waals surface area contributed by atoms with Crippen molar-refractivity contribution in [3.8, 4) is 5.75 Å². The van der Waals surface area contributed by atoms with Gasteiger partial charge in [-0.3, -0.25) is 14.5 Å². The summed E-state index contributed by atoms with van der Waals surface area (Å²) in [5.41, 5.74) is 2.31. The fourth-order valence-corrected chi connectivity index (χ4v) is 3.31. The van der Waals surface area contributed by atoms with Crippen LogP contribution in [0.5, 0.6) is 5.75 Å². The lowest BCUT2D eigenvalue weighted by Gasteiger charge is -2.09. The van der Waals surface area contributed by atoms with Crippen molar-refractivity contribution in [2.75, 3.05) is 13.2 Å². The molecule has 0 spiro atoms. The number of amides is 1. The topological polar surface area (TPSA) is 69.0 Å². The smallest absolute Gasteiger partial charge is 0.254 e. The number of nitrogens with one attached hydrogen (secondary N) is 1. The molecule has 2 aromatic heterocycles. The first-order valence-electron chi connectivity index (χ1n) is 9.71. The maximum atomic E-state index is 12.3. The molecule has 6 nitrogen and oxygen atoms in total. The van der Waals surface area contributed by atoms with Crippen LogP contribution in [0.3, 0.4) is 0 Å². The fourth-order valence-electron chi connectivity index (χ4n) is 3.12. The van der Waals surface area contributed by atoms with Gasteiger partial charge in [0.05, 0.1) is 24.9 Å². The van der Waals surface area contributed by atoms with Crippen molar-refractivity contribution in [2.45, 2.75) is 13.0 Å². The maximum Gasteiger partial charge on any atom is 0.254 e. The van der Waals surface area contributed by atoms with Crippen molar-refractivity contribution in [3.63, 3.8) is 0 Å². The Bertz CT molecular complexity index is 1150. The molecule has 4 aromatic rings. The van der Waals surface area contributed by atoms with Gasteiger partial charge in [-0.25, -0.2) is 0 Å². The van der Waals surface area contributed by atoms with E-state index in [9.17, 15) is 4.79 Å². The van der Waals surface area contributed by atoms with Crippen LogP contribution in [0.4, 0.5) is 0 Å². The monoisotopic (exact) mass is 420 g/mol. The zero-order valence-corrected chi connectivity index (χ0v) is 17.0. The third-order valence-electron chi connectivity index (χ3n) is 4.65. The van der Waals surface area contributed by atoms with Gasteiger partial charge >= 0.3 is 0 Å². The predicted octanol–water partition coefficient (Wildman–Crippen LogP) is 4.33. The van der Waals surface area contributed by atoms with Crippen LogP contribution in [0.1, 0.15) is 22.3 Å². The number of nitrogens with zero attached hydrogens (tertiary/aromatic N) is 3. The molecule has 0 saturated carbocycles. The van der Waals surface area contributed by atoms with Gasteiger partial charge in [0.15, 0.2) is 0 Å². The van der Waals surface area contributed by atoms with Gasteiger partial charge in [0.25, 0.3) is 5.91 Å². The van der Waals surface area contributed by atoms with E-state index in [1.54, 1.807) is 23.3 Å². The largest absolute Gasteiger partial charge is 0.491 e. The molecule has 0 saturated heterocycles. The Kier molecular flexibility index (Phi) is 6.25. The second kappa shape index (κ2) is 9.41. The molecule has 1 N–H and O–H groups in total. The highest BCUT2D eigenvalue weighted by molar-refractivity contribution is 6.31. The summed E-state index contributed by atoms with van der Waals surface area (Å²) >= 11 is 6.18. The van der Waals surface area contributed by atoms with Gasteiger partial charge in [0, 0.05) is 29.3 Å². The summed E-state index contributed by atoms with van der Waals surface area (Å²) in [7, 11) is 0. The summed E-state index contributed by atoms with van der Waals surface area (Å²) in [5, 5.41) is 8.87. The highest BCUT2D eigenvalue weighted by Gasteiger charge is 2.09. The number of benzene rings is 2. The van der Waals surface area contributed by atoms with Crippen LogP contribution in [0.25, 0.3) is 10.9 Å². The Balaban J connectivity index is 1.24. The van der Waals surface area contributed by atoms with Crippen LogP contribution < -0.4 is 10.1 Å². The third kappa shape index (κ3) is 4.78. The molecule has 4 rings (SSSR count). The number of halogens is 1. The molecular weight excluding hydrogens is 400 g/mol. The summed E-state index contributed by atoms with van der Waals surface area (Å²) in [6.07, 6.45) is 5.71. The average Bonchev–Trinajstić information content (AvgIpc) is 3.24. The van der Waals surface area contributed by atoms with Gasteiger partial charge in [-0.2, -0.15) is 5.10 Å². The molecule has 0 aliphatic rings. The van der Waals surface area contributed by atoms with E-state index >= 15 is 0 Å². The molecule has 0 fully saturated rings. The van der Waals surface area contributed by atoms with Crippen LogP contribution in [0.2, 0.25) is 5.02 Å². The molecule has 0 radical (unpaired) electrons. The number of rotatable bonds is 8. The van der Waals surface area contributed by atoms with Crippen LogP contribution in [-0.2, 0) is 6.54 Å². The SMILES string of the molecule is O=C(NCCCOc1cccc2cccnc12)c1cnn(Cc2ccccc2Cl)c1. The van der Waals surface area contributed by atoms with Crippen molar-refractivity contribution < 1.29 is 9.53 Å². The number of aromatic nitrogens is 3. The Morgan fingerprint density at radius 2 is 1.97 bits per heavy atom. The van der Waals surface area contributed by atoms with Crippen molar-refractivity contribution in [2.24, 2.45) is 0 Å². The lowest BCUT2D eigenvalue weighted by atomic mass is 10.2. The van der Waals surface area contributed by atoms with E-state index in [1.807, 2.05) is 54.6 Å². The van der Waals surface area contributed by atoms with Gasteiger partial charge in [-0.1, -0.05) is 48.0 Å². The number of hydrogen-bond donors (Lipinski definition) is 1. The average molecular weight is 421 g/mol. The first-order valence-corrected chi connectivity index (χ1v) is 10.1. The third-order valence-corrected chi connectivity index (χ3v) is 5.01. The molecular formula is C23H21ClN4O2. The first-order chi connectivity index (χ1) is 14.7.